The molecule has 0 fully saturated rings. The van der Waals surface area contributed by atoms with Gasteiger partial charge in [-0.25, -0.2) is 0 Å². The molecule has 0 aliphatic carbocycles. The van der Waals surface area contributed by atoms with Gasteiger partial charge in [-0.2, -0.15) is 0 Å². The molecule has 6 nitrogen and oxygen atoms in total. The van der Waals surface area contributed by atoms with Crippen LogP contribution in [0.15, 0.2) is 59.3 Å². The number of amides is 2. The summed E-state index contributed by atoms with van der Waals surface area (Å²) in [5.41, 5.74) is 4.33. The third-order valence-corrected chi connectivity index (χ3v) is 9.87. The first kappa shape index (κ1) is 38.8. The van der Waals surface area contributed by atoms with E-state index in [9.17, 15) is 19.8 Å². The first-order valence-electron chi connectivity index (χ1n) is 17.0. The van der Waals surface area contributed by atoms with E-state index >= 15 is 0 Å². The molecule has 2 aromatic heterocycles. The maximum atomic E-state index is 12.5. The number of hydrogen-bond donors (Lipinski definition) is 4. The maximum Gasteiger partial charge on any atom is 0.255 e. The van der Waals surface area contributed by atoms with E-state index in [-0.39, 0.29) is 34.1 Å². The number of carbonyl (C=O) groups is 2. The fourth-order valence-corrected chi connectivity index (χ4v) is 6.48. The Morgan fingerprint density at radius 2 is 1.02 bits per heavy atom. The van der Waals surface area contributed by atoms with Gasteiger partial charge in [-0.1, -0.05) is 92.5 Å². The Kier molecular flexibility index (Phi) is 14.3. The number of nitrogens with one attached hydrogen (secondary N) is 2. The zero-order valence-electron chi connectivity index (χ0n) is 30.0. The zero-order chi connectivity index (χ0) is 35.5. The van der Waals surface area contributed by atoms with E-state index in [0.717, 1.165) is 47.9 Å². The third-order valence-electron chi connectivity index (χ3n) is 8.12. The first-order chi connectivity index (χ1) is 22.6. The van der Waals surface area contributed by atoms with Crippen LogP contribution in [0.25, 0.3) is 0 Å². The van der Waals surface area contributed by atoms with Crippen LogP contribution in [0, 0.1) is 0 Å². The van der Waals surface area contributed by atoms with Crippen LogP contribution in [0.4, 0.5) is 0 Å². The standard InChI is InChI=1S/2C20H27NO2S/c2*1-5-6-9-21-19(23)17-13-15(20(2,3)4)11-14(18(17)22)12-16-8-7-10-24-16/h2*7-8,10-11,13,22H,5-6,9,12H2,1-4H3,(H,21,23). The third kappa shape index (κ3) is 11.2. The number of aromatic hydroxyl groups is 2. The van der Waals surface area contributed by atoms with Crippen LogP contribution >= 0.6 is 22.7 Å². The lowest BCUT2D eigenvalue weighted by molar-refractivity contribution is 0.0941. The average molecular weight is 691 g/mol. The van der Waals surface area contributed by atoms with Gasteiger partial charge < -0.3 is 20.8 Å². The van der Waals surface area contributed by atoms with Crippen molar-refractivity contribution in [2.75, 3.05) is 13.1 Å². The Labute approximate surface area is 295 Å². The summed E-state index contributed by atoms with van der Waals surface area (Å²) in [5, 5.41) is 31.2. The first-order valence-corrected chi connectivity index (χ1v) is 18.8. The predicted octanol–water partition coefficient (Wildman–Crippen LogP) is 9.74. The van der Waals surface area contributed by atoms with E-state index in [4.69, 9.17) is 0 Å². The van der Waals surface area contributed by atoms with Gasteiger partial charge in [0.1, 0.15) is 11.5 Å². The van der Waals surface area contributed by atoms with Crippen LogP contribution in [0.2, 0.25) is 0 Å². The molecule has 0 saturated carbocycles. The molecule has 2 aromatic carbocycles. The van der Waals surface area contributed by atoms with Crippen molar-refractivity contribution in [1.29, 1.82) is 0 Å². The molecule has 48 heavy (non-hydrogen) atoms. The lowest BCUT2D eigenvalue weighted by Gasteiger charge is -2.22. The molecule has 4 N–H and O–H groups in total. The number of phenols is 2. The van der Waals surface area contributed by atoms with Crippen molar-refractivity contribution in [3.05, 3.63) is 102 Å². The van der Waals surface area contributed by atoms with E-state index in [1.165, 1.54) is 9.75 Å². The number of carbonyl (C=O) groups excluding carboxylic acids is 2. The second-order valence-corrected chi connectivity index (χ2v) is 16.4. The number of thiophene rings is 2. The smallest absolute Gasteiger partial charge is 0.255 e. The Balaban J connectivity index is 0.000000260. The monoisotopic (exact) mass is 690 g/mol. The van der Waals surface area contributed by atoms with Crippen LogP contribution in [0.3, 0.4) is 0 Å². The molecule has 260 valence electrons. The highest BCUT2D eigenvalue weighted by Gasteiger charge is 2.23. The van der Waals surface area contributed by atoms with Crippen molar-refractivity contribution in [2.45, 2.75) is 105 Å². The molecular formula is C40H54N2O4S2. The Bertz CT molecular complexity index is 1490. The molecule has 0 atom stereocenters. The van der Waals surface area contributed by atoms with Crippen LogP contribution in [-0.4, -0.2) is 35.1 Å². The van der Waals surface area contributed by atoms with Crippen LogP contribution in [0.1, 0.15) is 134 Å². The highest BCUT2D eigenvalue weighted by molar-refractivity contribution is 7.10. The molecule has 0 unspecified atom stereocenters. The Hall–Kier alpha value is -3.62. The molecule has 0 radical (unpaired) electrons. The SMILES string of the molecule is CCCCNC(=O)c1cc(C(C)(C)C)cc(Cc2cccs2)c1O.CCCCNC(=O)c1cc(C(C)(C)C)cc(Cc2cccs2)c1O. The number of rotatable bonds is 12. The fourth-order valence-electron chi connectivity index (χ4n) is 5.02. The lowest BCUT2D eigenvalue weighted by Crippen LogP contribution is -2.25. The van der Waals surface area contributed by atoms with Gasteiger partial charge in [-0.15, -0.1) is 22.7 Å². The Morgan fingerprint density at radius 1 is 0.646 bits per heavy atom. The van der Waals surface area contributed by atoms with Crippen molar-refractivity contribution in [1.82, 2.24) is 10.6 Å². The largest absolute Gasteiger partial charge is 0.507 e. The molecule has 4 rings (SSSR count). The quantitative estimate of drug-likeness (QED) is 0.111. The molecule has 0 bridgehead atoms. The second kappa shape index (κ2) is 17.7. The van der Waals surface area contributed by atoms with E-state index < -0.39 is 0 Å². The van der Waals surface area contributed by atoms with Crippen molar-refractivity contribution in [2.24, 2.45) is 0 Å². The van der Waals surface area contributed by atoms with Crippen molar-refractivity contribution >= 4 is 34.5 Å². The number of hydrogen-bond acceptors (Lipinski definition) is 6. The molecule has 2 amide bonds. The molecule has 8 heteroatoms. The van der Waals surface area contributed by atoms with Gasteiger partial charge in [0.15, 0.2) is 0 Å². The van der Waals surface area contributed by atoms with Crippen LogP contribution < -0.4 is 10.6 Å². The summed E-state index contributed by atoms with van der Waals surface area (Å²) in [7, 11) is 0. The molecule has 0 saturated heterocycles. The van der Waals surface area contributed by atoms with E-state index in [1.807, 2.05) is 47.2 Å². The second-order valence-electron chi connectivity index (χ2n) is 14.3. The van der Waals surface area contributed by atoms with E-state index in [1.54, 1.807) is 22.7 Å². The molecule has 4 aromatic rings. The predicted molar refractivity (Wildman–Crippen MR) is 202 cm³/mol. The summed E-state index contributed by atoms with van der Waals surface area (Å²) < 4.78 is 0. The number of benzene rings is 2. The van der Waals surface area contributed by atoms with Gasteiger partial charge in [0.05, 0.1) is 11.1 Å². The lowest BCUT2D eigenvalue weighted by atomic mass is 9.84. The normalized spacial score (nSPS) is 11.5. The summed E-state index contributed by atoms with van der Waals surface area (Å²) in [6.07, 6.45) is 5.21. The van der Waals surface area contributed by atoms with E-state index in [0.29, 0.717) is 37.1 Å². The van der Waals surface area contributed by atoms with Crippen molar-refractivity contribution in [3.8, 4) is 11.5 Å². The van der Waals surface area contributed by atoms with Gasteiger partial charge in [-0.3, -0.25) is 9.59 Å². The Morgan fingerprint density at radius 3 is 1.31 bits per heavy atom. The van der Waals surface area contributed by atoms with Gasteiger partial charge in [0.2, 0.25) is 0 Å². The highest BCUT2D eigenvalue weighted by Crippen LogP contribution is 2.34. The van der Waals surface area contributed by atoms with Gasteiger partial charge in [0, 0.05) is 46.8 Å². The topological polar surface area (TPSA) is 98.7 Å². The minimum atomic E-state index is -0.195. The van der Waals surface area contributed by atoms with Crippen LogP contribution in [-0.2, 0) is 23.7 Å². The number of unbranched alkanes of at least 4 members (excludes halogenated alkanes) is 2. The van der Waals surface area contributed by atoms with Gasteiger partial charge in [-0.05, 0) is 69.8 Å². The maximum absolute atomic E-state index is 12.5. The highest BCUT2D eigenvalue weighted by atomic mass is 32.1. The fraction of sp³-hybridized carbons (Fsp3) is 0.450. The van der Waals surface area contributed by atoms with Gasteiger partial charge in [0.25, 0.3) is 11.8 Å². The average Bonchev–Trinajstić information content (AvgIpc) is 3.73. The molecule has 2 heterocycles. The summed E-state index contributed by atoms with van der Waals surface area (Å²) in [5.74, 6) is -0.185. The molecule has 0 aliphatic heterocycles. The zero-order valence-corrected chi connectivity index (χ0v) is 31.6. The molecular weight excluding hydrogens is 637 g/mol. The minimum absolute atomic E-state index is 0.0870. The molecule has 0 spiro atoms. The van der Waals surface area contributed by atoms with E-state index in [2.05, 4.69) is 78.2 Å². The minimum Gasteiger partial charge on any atom is -0.507 e. The molecule has 0 aliphatic rings. The summed E-state index contributed by atoms with van der Waals surface area (Å²) in [6, 6.07) is 15.8. The summed E-state index contributed by atoms with van der Waals surface area (Å²) in [6.45, 7) is 18.1. The van der Waals surface area contributed by atoms with Crippen molar-refractivity contribution < 1.29 is 19.8 Å². The number of phenolic OH excluding ortho intramolecular Hbond substituents is 2. The summed E-state index contributed by atoms with van der Waals surface area (Å²) in [4.78, 5) is 27.4. The summed E-state index contributed by atoms with van der Waals surface area (Å²) >= 11 is 3.32. The van der Waals surface area contributed by atoms with Crippen molar-refractivity contribution in [3.63, 3.8) is 0 Å². The van der Waals surface area contributed by atoms with Crippen LogP contribution in [0.5, 0.6) is 11.5 Å². The van der Waals surface area contributed by atoms with Gasteiger partial charge >= 0.3 is 0 Å².